The van der Waals surface area contributed by atoms with E-state index in [2.05, 4.69) is 42.8 Å². The molecular weight excluding hydrogens is 284 g/mol. The average Bonchev–Trinajstić information content (AvgIpc) is 2.88. The summed E-state index contributed by atoms with van der Waals surface area (Å²) in [6.07, 6.45) is 3.98. The van der Waals surface area contributed by atoms with E-state index in [1.807, 2.05) is 4.90 Å². The number of carbonyl (C=O) groups is 1. The summed E-state index contributed by atoms with van der Waals surface area (Å²) in [5.74, 6) is 0.171. The minimum Gasteiger partial charge on any atom is -0.381 e. The fraction of sp³-hybridized carbons (Fsp3) is 0.562. The summed E-state index contributed by atoms with van der Waals surface area (Å²) in [4.78, 5) is 15.2. The van der Waals surface area contributed by atoms with Gasteiger partial charge in [-0.2, -0.15) is 0 Å². The molecule has 0 saturated carbocycles. The number of rotatable bonds is 8. The van der Waals surface area contributed by atoms with Crippen molar-refractivity contribution >= 4 is 17.7 Å². The van der Waals surface area contributed by atoms with Crippen molar-refractivity contribution in [2.75, 3.05) is 32.6 Å². The first-order chi connectivity index (χ1) is 10.3. The Labute approximate surface area is 131 Å². The molecular formula is C16H24N2O2S. The van der Waals surface area contributed by atoms with Gasteiger partial charge in [-0.05, 0) is 36.8 Å². The van der Waals surface area contributed by atoms with E-state index >= 15 is 0 Å². The Bertz CT molecular complexity index is 450. The molecule has 1 saturated heterocycles. The second-order valence-electron chi connectivity index (χ2n) is 5.11. The lowest BCUT2D eigenvalue weighted by molar-refractivity contribution is -0.128. The van der Waals surface area contributed by atoms with Crippen molar-refractivity contribution in [3.63, 3.8) is 0 Å². The third-order valence-corrected chi connectivity index (χ3v) is 4.29. The first-order valence-corrected chi connectivity index (χ1v) is 8.73. The largest absolute Gasteiger partial charge is 0.381 e. The predicted molar refractivity (Wildman–Crippen MR) is 86.4 cm³/mol. The molecule has 1 unspecified atom stereocenters. The van der Waals surface area contributed by atoms with Crippen LogP contribution in [-0.2, 0) is 9.53 Å². The van der Waals surface area contributed by atoms with E-state index in [4.69, 9.17) is 4.74 Å². The number of ether oxygens (including phenoxy) is 1. The van der Waals surface area contributed by atoms with Crippen LogP contribution in [-0.4, -0.2) is 43.4 Å². The Kier molecular flexibility index (Phi) is 6.54. The highest BCUT2D eigenvalue weighted by Crippen LogP contribution is 2.24. The Balaban J connectivity index is 1.92. The fourth-order valence-corrected chi connectivity index (χ4v) is 2.87. The van der Waals surface area contributed by atoms with Gasteiger partial charge in [-0.15, -0.1) is 11.8 Å². The van der Waals surface area contributed by atoms with Gasteiger partial charge in [0.2, 0.25) is 5.91 Å². The first kappa shape index (κ1) is 16.3. The summed E-state index contributed by atoms with van der Waals surface area (Å²) in [7, 11) is 0. The molecule has 1 amide bonds. The summed E-state index contributed by atoms with van der Waals surface area (Å²) in [5.41, 5.74) is 1.15. The topological polar surface area (TPSA) is 41.6 Å². The third kappa shape index (κ3) is 4.46. The van der Waals surface area contributed by atoms with Gasteiger partial charge < -0.3 is 9.64 Å². The molecule has 2 rings (SSSR count). The zero-order chi connectivity index (χ0) is 15.1. The summed E-state index contributed by atoms with van der Waals surface area (Å²) < 4.78 is 5.49. The van der Waals surface area contributed by atoms with Gasteiger partial charge >= 0.3 is 0 Å². The summed E-state index contributed by atoms with van der Waals surface area (Å²) >= 11 is 1.73. The summed E-state index contributed by atoms with van der Waals surface area (Å²) in [6.45, 7) is 4.78. The van der Waals surface area contributed by atoms with Gasteiger partial charge in [0, 0.05) is 24.7 Å². The molecule has 1 fully saturated rings. The van der Waals surface area contributed by atoms with Crippen LogP contribution in [0.3, 0.4) is 0 Å². The van der Waals surface area contributed by atoms with Crippen molar-refractivity contribution in [3.05, 3.63) is 29.8 Å². The van der Waals surface area contributed by atoms with Crippen molar-refractivity contribution in [2.45, 2.75) is 30.8 Å². The smallest absolute Gasteiger partial charge is 0.238 e. The SMILES string of the molecule is CCCOCCCN1C(=O)CNC1c1ccc(SC)cc1. The molecule has 5 heteroatoms. The highest BCUT2D eigenvalue weighted by molar-refractivity contribution is 7.98. The maximum atomic E-state index is 12.0. The molecule has 1 heterocycles. The fourth-order valence-electron chi connectivity index (χ4n) is 2.46. The van der Waals surface area contributed by atoms with Gasteiger partial charge in [0.25, 0.3) is 0 Å². The lowest BCUT2D eigenvalue weighted by Crippen LogP contribution is -2.31. The van der Waals surface area contributed by atoms with E-state index in [-0.39, 0.29) is 12.1 Å². The highest BCUT2D eigenvalue weighted by atomic mass is 32.2. The Morgan fingerprint density at radius 1 is 1.33 bits per heavy atom. The number of nitrogens with zero attached hydrogens (tertiary/aromatic N) is 1. The number of hydrogen-bond acceptors (Lipinski definition) is 4. The van der Waals surface area contributed by atoms with Gasteiger partial charge in [0.05, 0.1) is 6.54 Å². The van der Waals surface area contributed by atoms with Crippen LogP contribution in [0.4, 0.5) is 0 Å². The Morgan fingerprint density at radius 3 is 2.76 bits per heavy atom. The molecule has 0 spiro atoms. The molecule has 0 radical (unpaired) electrons. The van der Waals surface area contributed by atoms with Crippen LogP contribution in [0.15, 0.2) is 29.2 Å². The summed E-state index contributed by atoms with van der Waals surface area (Å²) in [6, 6.07) is 8.41. The van der Waals surface area contributed by atoms with E-state index < -0.39 is 0 Å². The van der Waals surface area contributed by atoms with E-state index in [1.54, 1.807) is 11.8 Å². The van der Waals surface area contributed by atoms with Crippen molar-refractivity contribution in [1.82, 2.24) is 10.2 Å². The molecule has 0 aliphatic carbocycles. The van der Waals surface area contributed by atoms with Gasteiger partial charge in [0.15, 0.2) is 0 Å². The van der Waals surface area contributed by atoms with Gasteiger partial charge in [-0.1, -0.05) is 19.1 Å². The molecule has 1 aliphatic rings. The van der Waals surface area contributed by atoms with Crippen LogP contribution in [0.25, 0.3) is 0 Å². The van der Waals surface area contributed by atoms with Crippen LogP contribution in [0, 0.1) is 0 Å². The molecule has 0 aromatic heterocycles. The second-order valence-corrected chi connectivity index (χ2v) is 5.99. The van der Waals surface area contributed by atoms with E-state index in [1.165, 1.54) is 4.90 Å². The predicted octanol–water partition coefficient (Wildman–Crippen LogP) is 2.66. The van der Waals surface area contributed by atoms with Crippen LogP contribution < -0.4 is 5.32 Å². The lowest BCUT2D eigenvalue weighted by Gasteiger charge is -2.24. The number of hydrogen-bond donors (Lipinski definition) is 1. The number of carbonyl (C=O) groups excluding carboxylic acids is 1. The molecule has 0 bridgehead atoms. The van der Waals surface area contributed by atoms with Crippen LogP contribution >= 0.6 is 11.8 Å². The number of amides is 1. The van der Waals surface area contributed by atoms with Crippen LogP contribution in [0.5, 0.6) is 0 Å². The quantitative estimate of drug-likeness (QED) is 0.592. The zero-order valence-electron chi connectivity index (χ0n) is 12.8. The zero-order valence-corrected chi connectivity index (χ0v) is 13.6. The van der Waals surface area contributed by atoms with Gasteiger partial charge in [-0.25, -0.2) is 0 Å². The Morgan fingerprint density at radius 2 is 2.10 bits per heavy atom. The molecule has 1 atom stereocenters. The molecule has 1 N–H and O–H groups in total. The molecule has 4 nitrogen and oxygen atoms in total. The second kappa shape index (κ2) is 8.41. The molecule has 116 valence electrons. The lowest BCUT2D eigenvalue weighted by atomic mass is 10.1. The standard InChI is InChI=1S/C16H24N2O2S/c1-3-10-20-11-4-9-18-15(19)12-17-16(18)13-5-7-14(21-2)8-6-13/h5-8,16-17H,3-4,9-12H2,1-2H3. The van der Waals surface area contributed by atoms with Crippen molar-refractivity contribution in [1.29, 1.82) is 0 Å². The number of nitrogens with one attached hydrogen (secondary N) is 1. The minimum atomic E-state index is -0.000388. The third-order valence-electron chi connectivity index (χ3n) is 3.55. The number of thioether (sulfide) groups is 1. The normalized spacial score (nSPS) is 18.5. The Hall–Kier alpha value is -1.04. The average molecular weight is 308 g/mol. The van der Waals surface area contributed by atoms with Crippen molar-refractivity contribution in [2.24, 2.45) is 0 Å². The van der Waals surface area contributed by atoms with Gasteiger partial charge in [-0.3, -0.25) is 10.1 Å². The van der Waals surface area contributed by atoms with E-state index in [0.717, 1.165) is 38.2 Å². The monoisotopic (exact) mass is 308 g/mol. The maximum Gasteiger partial charge on any atom is 0.238 e. The molecule has 1 aromatic rings. The molecule has 21 heavy (non-hydrogen) atoms. The van der Waals surface area contributed by atoms with Gasteiger partial charge in [0.1, 0.15) is 6.17 Å². The van der Waals surface area contributed by atoms with E-state index in [9.17, 15) is 4.79 Å². The highest BCUT2D eigenvalue weighted by Gasteiger charge is 2.30. The summed E-state index contributed by atoms with van der Waals surface area (Å²) in [5, 5.41) is 3.29. The first-order valence-electron chi connectivity index (χ1n) is 7.50. The molecule has 1 aromatic carbocycles. The van der Waals surface area contributed by atoms with E-state index in [0.29, 0.717) is 6.54 Å². The van der Waals surface area contributed by atoms with Crippen LogP contribution in [0.1, 0.15) is 31.5 Å². The minimum absolute atomic E-state index is 0.000388. The number of benzene rings is 1. The van der Waals surface area contributed by atoms with Crippen molar-refractivity contribution < 1.29 is 9.53 Å². The molecule has 1 aliphatic heterocycles. The van der Waals surface area contributed by atoms with Crippen molar-refractivity contribution in [3.8, 4) is 0 Å². The van der Waals surface area contributed by atoms with Crippen LogP contribution in [0.2, 0.25) is 0 Å². The maximum absolute atomic E-state index is 12.0.